The van der Waals surface area contributed by atoms with Crippen LogP contribution in [0.2, 0.25) is 0 Å². The van der Waals surface area contributed by atoms with Gasteiger partial charge in [-0.2, -0.15) is 12.6 Å². The molecule has 116 valence electrons. The fourth-order valence-corrected chi connectivity index (χ4v) is 3.15. The van der Waals surface area contributed by atoms with Gasteiger partial charge in [-0.1, -0.05) is 27.2 Å². The summed E-state index contributed by atoms with van der Waals surface area (Å²) in [7, 11) is 0. The van der Waals surface area contributed by atoms with Crippen LogP contribution in [0, 0.1) is 17.8 Å². The van der Waals surface area contributed by atoms with Gasteiger partial charge in [0.25, 0.3) is 0 Å². The fourth-order valence-electron chi connectivity index (χ4n) is 2.91. The minimum atomic E-state index is -0.652. The van der Waals surface area contributed by atoms with E-state index < -0.39 is 6.04 Å². The lowest BCUT2D eigenvalue weighted by atomic mass is 9.75. The highest BCUT2D eigenvalue weighted by atomic mass is 32.1. The molecule has 1 rings (SSSR count). The highest BCUT2D eigenvalue weighted by Gasteiger charge is 2.34. The van der Waals surface area contributed by atoms with E-state index in [1.54, 1.807) is 0 Å². The maximum Gasteiger partial charge on any atom is 0.329 e. The van der Waals surface area contributed by atoms with Gasteiger partial charge in [-0.15, -0.1) is 0 Å². The third kappa shape index (κ3) is 5.00. The van der Waals surface area contributed by atoms with E-state index in [0.29, 0.717) is 17.8 Å². The van der Waals surface area contributed by atoms with E-state index in [4.69, 9.17) is 4.74 Å². The summed E-state index contributed by atoms with van der Waals surface area (Å²) in [6.45, 7) is 7.93. The van der Waals surface area contributed by atoms with E-state index in [9.17, 15) is 9.59 Å². The Labute approximate surface area is 127 Å². The molecule has 0 aromatic rings. The predicted molar refractivity (Wildman–Crippen MR) is 82.7 cm³/mol. The van der Waals surface area contributed by atoms with Gasteiger partial charge in [-0.05, 0) is 30.6 Å². The standard InChI is InChI=1S/C15H27NO3S/c1-9(2)12-6-5-10(3)7-14(12)19-15(18)13(8-20)16-11(4)17/h9-10,12-14,20H,5-8H2,1-4H3,(H,16,17)/t10?,12?,13-,14?/m0/s1. The van der Waals surface area contributed by atoms with Crippen LogP contribution >= 0.6 is 12.6 Å². The Bertz CT molecular complexity index is 346. The topological polar surface area (TPSA) is 55.4 Å². The van der Waals surface area contributed by atoms with Crippen molar-refractivity contribution in [3.8, 4) is 0 Å². The van der Waals surface area contributed by atoms with Gasteiger partial charge in [-0.3, -0.25) is 4.79 Å². The quantitative estimate of drug-likeness (QED) is 0.606. The second kappa shape index (κ2) is 7.91. The Hall–Kier alpha value is -0.710. The van der Waals surface area contributed by atoms with E-state index in [0.717, 1.165) is 12.8 Å². The molecular weight excluding hydrogens is 274 g/mol. The maximum atomic E-state index is 12.2. The zero-order valence-electron chi connectivity index (χ0n) is 12.9. The van der Waals surface area contributed by atoms with Crippen molar-refractivity contribution in [1.29, 1.82) is 0 Å². The number of thiol groups is 1. The molecule has 0 saturated heterocycles. The van der Waals surface area contributed by atoms with Crippen molar-refractivity contribution < 1.29 is 14.3 Å². The molecule has 1 amide bonds. The average molecular weight is 301 g/mol. The van der Waals surface area contributed by atoms with Crippen LogP contribution in [0.3, 0.4) is 0 Å². The third-order valence-corrected chi connectivity index (χ3v) is 4.44. The van der Waals surface area contributed by atoms with Crippen LogP contribution in [0.25, 0.3) is 0 Å². The summed E-state index contributed by atoms with van der Waals surface area (Å²) in [6.07, 6.45) is 3.16. The number of hydrogen-bond donors (Lipinski definition) is 2. The zero-order chi connectivity index (χ0) is 15.3. The van der Waals surface area contributed by atoms with Crippen molar-refractivity contribution in [3.63, 3.8) is 0 Å². The molecule has 1 aliphatic carbocycles. The van der Waals surface area contributed by atoms with Gasteiger partial charge in [0.05, 0.1) is 0 Å². The molecule has 0 aromatic heterocycles. The summed E-state index contributed by atoms with van der Waals surface area (Å²) in [5.74, 6) is 1.15. The zero-order valence-corrected chi connectivity index (χ0v) is 13.8. The molecule has 0 spiro atoms. The number of amides is 1. The Morgan fingerprint density at radius 1 is 1.35 bits per heavy atom. The normalized spacial score (nSPS) is 28.0. The smallest absolute Gasteiger partial charge is 0.329 e. The van der Waals surface area contributed by atoms with E-state index in [1.165, 1.54) is 13.3 Å². The molecule has 5 heteroatoms. The summed E-state index contributed by atoms with van der Waals surface area (Å²) in [6, 6.07) is -0.652. The minimum Gasteiger partial charge on any atom is -0.461 e. The minimum absolute atomic E-state index is 0.0395. The van der Waals surface area contributed by atoms with Crippen LogP contribution in [0.15, 0.2) is 0 Å². The van der Waals surface area contributed by atoms with E-state index in [1.807, 2.05) is 0 Å². The first kappa shape index (κ1) is 17.3. The number of rotatable bonds is 5. The summed E-state index contributed by atoms with van der Waals surface area (Å²) in [5, 5.41) is 2.58. The molecule has 1 aliphatic rings. The first-order valence-electron chi connectivity index (χ1n) is 7.43. The van der Waals surface area contributed by atoms with Gasteiger partial charge in [0.15, 0.2) is 0 Å². The van der Waals surface area contributed by atoms with Gasteiger partial charge >= 0.3 is 5.97 Å². The lowest BCUT2D eigenvalue weighted by molar-refractivity contribution is -0.158. The molecule has 1 N–H and O–H groups in total. The second-order valence-corrected chi connectivity index (χ2v) is 6.60. The highest BCUT2D eigenvalue weighted by Crippen LogP contribution is 2.35. The number of carbonyl (C=O) groups is 2. The second-order valence-electron chi connectivity index (χ2n) is 6.24. The Morgan fingerprint density at radius 2 is 2.00 bits per heavy atom. The number of nitrogens with one attached hydrogen (secondary N) is 1. The summed E-state index contributed by atoms with van der Waals surface area (Å²) >= 11 is 4.11. The number of carbonyl (C=O) groups excluding carboxylic acids is 2. The maximum absolute atomic E-state index is 12.2. The monoisotopic (exact) mass is 301 g/mol. The molecule has 4 atom stereocenters. The van der Waals surface area contributed by atoms with Crippen LogP contribution in [-0.4, -0.2) is 29.8 Å². The lowest BCUT2D eigenvalue weighted by Gasteiger charge is -2.37. The predicted octanol–water partition coefficient (Wildman–Crippen LogP) is 2.42. The molecule has 0 aliphatic heterocycles. The van der Waals surface area contributed by atoms with Crippen molar-refractivity contribution >= 4 is 24.5 Å². The molecule has 0 radical (unpaired) electrons. The third-order valence-electron chi connectivity index (χ3n) is 4.07. The Kier molecular flexibility index (Phi) is 6.86. The summed E-state index contributed by atoms with van der Waals surface area (Å²) in [5.41, 5.74) is 0. The van der Waals surface area contributed by atoms with E-state index in [-0.39, 0.29) is 23.7 Å². The number of hydrogen-bond acceptors (Lipinski definition) is 4. The number of esters is 1. The first-order chi connectivity index (χ1) is 9.35. The summed E-state index contributed by atoms with van der Waals surface area (Å²) in [4.78, 5) is 23.2. The largest absolute Gasteiger partial charge is 0.461 e. The van der Waals surface area contributed by atoms with Crippen molar-refractivity contribution in [2.24, 2.45) is 17.8 Å². The van der Waals surface area contributed by atoms with Crippen molar-refractivity contribution in [3.05, 3.63) is 0 Å². The molecule has 1 saturated carbocycles. The van der Waals surface area contributed by atoms with E-state index in [2.05, 4.69) is 38.7 Å². The molecule has 0 bridgehead atoms. The molecule has 0 heterocycles. The van der Waals surface area contributed by atoms with Gasteiger partial charge in [0, 0.05) is 12.7 Å². The van der Waals surface area contributed by atoms with Gasteiger partial charge in [0.1, 0.15) is 12.1 Å². The summed E-state index contributed by atoms with van der Waals surface area (Å²) < 4.78 is 5.69. The van der Waals surface area contributed by atoms with Crippen molar-refractivity contribution in [2.75, 3.05) is 5.75 Å². The molecule has 4 nitrogen and oxygen atoms in total. The fraction of sp³-hybridized carbons (Fsp3) is 0.867. The average Bonchev–Trinajstić information content (AvgIpc) is 2.35. The van der Waals surface area contributed by atoms with Crippen LogP contribution in [0.5, 0.6) is 0 Å². The van der Waals surface area contributed by atoms with Crippen LogP contribution in [0.1, 0.15) is 47.0 Å². The van der Waals surface area contributed by atoms with Crippen molar-refractivity contribution in [1.82, 2.24) is 5.32 Å². The van der Waals surface area contributed by atoms with E-state index >= 15 is 0 Å². The number of ether oxygens (including phenoxy) is 1. The Morgan fingerprint density at radius 3 is 2.50 bits per heavy atom. The first-order valence-corrected chi connectivity index (χ1v) is 8.06. The highest BCUT2D eigenvalue weighted by molar-refractivity contribution is 7.80. The van der Waals surface area contributed by atoms with Crippen LogP contribution in [-0.2, 0) is 14.3 Å². The van der Waals surface area contributed by atoms with Gasteiger partial charge in [-0.25, -0.2) is 4.79 Å². The van der Waals surface area contributed by atoms with Crippen molar-refractivity contribution in [2.45, 2.75) is 59.1 Å². The molecule has 1 fully saturated rings. The van der Waals surface area contributed by atoms with Crippen LogP contribution < -0.4 is 5.32 Å². The molecule has 3 unspecified atom stereocenters. The van der Waals surface area contributed by atoms with Gasteiger partial charge < -0.3 is 10.1 Å². The molecule has 0 aromatic carbocycles. The SMILES string of the molecule is CC(=O)N[C@@H](CS)C(=O)OC1CC(C)CCC1C(C)C. The Balaban J connectivity index is 2.66. The molecule has 20 heavy (non-hydrogen) atoms. The lowest BCUT2D eigenvalue weighted by Crippen LogP contribution is -2.45. The molecular formula is C15H27NO3S. The van der Waals surface area contributed by atoms with Gasteiger partial charge in [0.2, 0.25) is 5.91 Å². The van der Waals surface area contributed by atoms with Crippen LogP contribution in [0.4, 0.5) is 0 Å².